The molecule has 0 spiro atoms. The van der Waals surface area contributed by atoms with Crippen LogP contribution in [0.3, 0.4) is 0 Å². The molecule has 21 heavy (non-hydrogen) atoms. The van der Waals surface area contributed by atoms with Crippen LogP contribution in [-0.2, 0) is 6.42 Å². The van der Waals surface area contributed by atoms with Gasteiger partial charge in [-0.2, -0.15) is 0 Å². The van der Waals surface area contributed by atoms with Crippen molar-refractivity contribution in [2.45, 2.75) is 62.9 Å². The third-order valence-electron chi connectivity index (χ3n) is 5.53. The number of nitrogens with one attached hydrogen (secondary N) is 1. The van der Waals surface area contributed by atoms with Gasteiger partial charge in [0.15, 0.2) is 0 Å². The van der Waals surface area contributed by atoms with Crippen molar-refractivity contribution >= 4 is 27.3 Å². The highest BCUT2D eigenvalue weighted by Crippen LogP contribution is 2.41. The minimum absolute atomic E-state index is 0.401. The van der Waals surface area contributed by atoms with Gasteiger partial charge in [0.2, 0.25) is 0 Å². The van der Waals surface area contributed by atoms with Crippen molar-refractivity contribution in [2.75, 3.05) is 20.1 Å². The van der Waals surface area contributed by atoms with E-state index in [1.54, 1.807) is 0 Å². The Balaban J connectivity index is 1.81. The number of rotatable bonds is 5. The predicted molar refractivity (Wildman–Crippen MR) is 95.2 cm³/mol. The van der Waals surface area contributed by atoms with Gasteiger partial charge in [0, 0.05) is 20.9 Å². The number of likely N-dealkylation sites (tertiary alicyclic amines) is 1. The minimum atomic E-state index is 0.401. The summed E-state index contributed by atoms with van der Waals surface area (Å²) in [5.41, 5.74) is 0.401. The summed E-state index contributed by atoms with van der Waals surface area (Å²) in [7, 11) is 2.16. The van der Waals surface area contributed by atoms with Gasteiger partial charge in [-0.3, -0.25) is 4.90 Å². The lowest BCUT2D eigenvalue weighted by atomic mass is 9.82. The molecule has 1 saturated carbocycles. The lowest BCUT2D eigenvalue weighted by molar-refractivity contribution is 0.0391. The van der Waals surface area contributed by atoms with Gasteiger partial charge >= 0.3 is 0 Å². The maximum absolute atomic E-state index is 3.72. The Morgan fingerprint density at radius 3 is 2.52 bits per heavy atom. The predicted octanol–water partition coefficient (Wildman–Crippen LogP) is 4.44. The fourth-order valence-corrected chi connectivity index (χ4v) is 5.99. The van der Waals surface area contributed by atoms with E-state index in [2.05, 4.69) is 44.6 Å². The normalized spacial score (nSPS) is 24.3. The quantitative estimate of drug-likeness (QED) is 0.823. The second-order valence-electron chi connectivity index (χ2n) is 6.60. The van der Waals surface area contributed by atoms with Gasteiger partial charge in [0.25, 0.3) is 0 Å². The van der Waals surface area contributed by atoms with Gasteiger partial charge in [-0.15, -0.1) is 11.3 Å². The van der Waals surface area contributed by atoms with Crippen molar-refractivity contribution in [2.24, 2.45) is 0 Å². The molecule has 2 fully saturated rings. The molecule has 0 amide bonds. The van der Waals surface area contributed by atoms with Crippen molar-refractivity contribution in [1.82, 2.24) is 10.2 Å². The summed E-state index contributed by atoms with van der Waals surface area (Å²) in [6.45, 7) is 2.62. The van der Waals surface area contributed by atoms with E-state index in [-0.39, 0.29) is 0 Å². The molecule has 0 aromatic carbocycles. The molecule has 1 atom stereocenters. The lowest BCUT2D eigenvalue weighted by Crippen LogP contribution is -2.61. The van der Waals surface area contributed by atoms with Gasteiger partial charge < -0.3 is 5.32 Å². The van der Waals surface area contributed by atoms with Gasteiger partial charge in [0.05, 0.1) is 0 Å². The molecule has 3 rings (SSSR count). The fourth-order valence-electron chi connectivity index (χ4n) is 4.43. The second-order valence-corrected chi connectivity index (χ2v) is 8.45. The molecule has 1 unspecified atom stereocenters. The first-order chi connectivity index (χ1) is 10.3. The Morgan fingerprint density at radius 1 is 1.24 bits per heavy atom. The SMILES string of the molecule is CNC(Cc1sccc1Br)C1(N2CCCCC2)CCCC1. The Hall–Kier alpha value is 0.1000. The van der Waals surface area contributed by atoms with E-state index in [4.69, 9.17) is 0 Å². The first-order valence-electron chi connectivity index (χ1n) is 8.40. The number of thiophene rings is 1. The van der Waals surface area contributed by atoms with E-state index in [9.17, 15) is 0 Å². The van der Waals surface area contributed by atoms with Crippen LogP contribution in [0.1, 0.15) is 49.8 Å². The van der Waals surface area contributed by atoms with Crippen molar-refractivity contribution < 1.29 is 0 Å². The zero-order valence-corrected chi connectivity index (χ0v) is 15.4. The van der Waals surface area contributed by atoms with E-state index in [0.29, 0.717) is 11.6 Å². The summed E-state index contributed by atoms with van der Waals surface area (Å²) >= 11 is 5.61. The van der Waals surface area contributed by atoms with Crippen LogP contribution in [0.5, 0.6) is 0 Å². The highest BCUT2D eigenvalue weighted by molar-refractivity contribution is 9.10. The summed E-state index contributed by atoms with van der Waals surface area (Å²) in [5.74, 6) is 0. The van der Waals surface area contributed by atoms with Crippen LogP contribution in [0.15, 0.2) is 15.9 Å². The number of halogens is 1. The first-order valence-corrected chi connectivity index (χ1v) is 10.1. The zero-order valence-electron chi connectivity index (χ0n) is 13.0. The smallest absolute Gasteiger partial charge is 0.0365 e. The fraction of sp³-hybridized carbons (Fsp3) is 0.765. The Bertz CT molecular complexity index is 447. The number of piperidine rings is 1. The molecule has 118 valence electrons. The molecule has 0 bridgehead atoms. The molecule has 1 aliphatic heterocycles. The van der Waals surface area contributed by atoms with Crippen molar-refractivity contribution in [3.8, 4) is 0 Å². The van der Waals surface area contributed by atoms with Gasteiger partial charge in [0.1, 0.15) is 0 Å². The molecule has 0 radical (unpaired) electrons. The van der Waals surface area contributed by atoms with E-state index >= 15 is 0 Å². The van der Waals surface area contributed by atoms with E-state index in [1.807, 2.05) is 11.3 Å². The third kappa shape index (κ3) is 3.24. The van der Waals surface area contributed by atoms with E-state index in [1.165, 1.54) is 67.4 Å². The Kier molecular flexibility index (Phi) is 5.41. The molecular weight excluding hydrogens is 344 g/mol. The van der Waals surface area contributed by atoms with Gasteiger partial charge in [-0.25, -0.2) is 0 Å². The number of hydrogen-bond acceptors (Lipinski definition) is 3. The molecule has 2 nitrogen and oxygen atoms in total. The highest BCUT2D eigenvalue weighted by atomic mass is 79.9. The maximum atomic E-state index is 3.72. The summed E-state index contributed by atoms with van der Waals surface area (Å²) < 4.78 is 1.29. The molecule has 1 aliphatic carbocycles. The standard InChI is InChI=1S/C17H27BrN2S/c1-19-16(13-15-14(18)7-12-21-15)17(8-3-4-9-17)20-10-5-2-6-11-20/h7,12,16,19H,2-6,8-11,13H2,1H3. The van der Waals surface area contributed by atoms with Crippen LogP contribution < -0.4 is 5.32 Å². The molecule has 1 saturated heterocycles. The highest BCUT2D eigenvalue weighted by Gasteiger charge is 2.45. The second kappa shape index (κ2) is 7.12. The monoisotopic (exact) mass is 370 g/mol. The largest absolute Gasteiger partial charge is 0.315 e. The van der Waals surface area contributed by atoms with Crippen LogP contribution >= 0.6 is 27.3 Å². The number of likely N-dealkylation sites (N-methyl/N-ethyl adjacent to an activating group) is 1. The molecule has 2 aliphatic rings. The Morgan fingerprint density at radius 2 is 1.95 bits per heavy atom. The van der Waals surface area contributed by atoms with E-state index in [0.717, 1.165) is 6.42 Å². The zero-order chi connectivity index (χ0) is 14.7. The van der Waals surface area contributed by atoms with Crippen LogP contribution in [0, 0.1) is 0 Å². The maximum Gasteiger partial charge on any atom is 0.0365 e. The summed E-state index contributed by atoms with van der Waals surface area (Å²) in [6, 6.07) is 2.77. The van der Waals surface area contributed by atoms with E-state index < -0.39 is 0 Å². The van der Waals surface area contributed by atoms with Crippen molar-refractivity contribution in [1.29, 1.82) is 0 Å². The van der Waals surface area contributed by atoms with Crippen molar-refractivity contribution in [3.05, 3.63) is 20.8 Å². The Labute approximate surface area is 141 Å². The average Bonchev–Trinajstić information content (AvgIpc) is 3.16. The van der Waals surface area contributed by atoms with Crippen LogP contribution in [0.25, 0.3) is 0 Å². The molecule has 1 N–H and O–H groups in total. The van der Waals surface area contributed by atoms with Gasteiger partial charge in [-0.05, 0) is 79.6 Å². The van der Waals surface area contributed by atoms with Gasteiger partial charge in [-0.1, -0.05) is 19.3 Å². The molecule has 4 heteroatoms. The molecule has 2 heterocycles. The lowest BCUT2D eigenvalue weighted by Gasteiger charge is -2.48. The van der Waals surface area contributed by atoms with Crippen molar-refractivity contribution in [3.63, 3.8) is 0 Å². The topological polar surface area (TPSA) is 15.3 Å². The summed E-state index contributed by atoms with van der Waals surface area (Å²) in [6.07, 6.45) is 10.9. The van der Waals surface area contributed by atoms with Crippen LogP contribution in [0.4, 0.5) is 0 Å². The number of hydrogen-bond donors (Lipinski definition) is 1. The van der Waals surface area contributed by atoms with Crippen LogP contribution in [-0.4, -0.2) is 36.6 Å². The molecular formula is C17H27BrN2S. The first kappa shape index (κ1) is 16.0. The van der Waals surface area contributed by atoms with Crippen LogP contribution in [0.2, 0.25) is 0 Å². The summed E-state index contributed by atoms with van der Waals surface area (Å²) in [4.78, 5) is 4.34. The number of nitrogens with zero attached hydrogens (tertiary/aromatic N) is 1. The molecule has 1 aromatic rings. The third-order valence-corrected chi connectivity index (χ3v) is 7.48. The average molecular weight is 371 g/mol. The summed E-state index contributed by atoms with van der Waals surface area (Å²) in [5, 5.41) is 5.89. The molecule has 1 aromatic heterocycles. The minimum Gasteiger partial charge on any atom is -0.315 e.